The van der Waals surface area contributed by atoms with Gasteiger partial charge >= 0.3 is 6.03 Å². The summed E-state index contributed by atoms with van der Waals surface area (Å²) in [6.07, 6.45) is 8.47. The highest BCUT2D eigenvalue weighted by Crippen LogP contribution is 2.31. The second-order valence-corrected chi connectivity index (χ2v) is 7.81. The number of nitrogens with two attached hydrogens (primary N) is 1. The predicted octanol–water partition coefficient (Wildman–Crippen LogP) is 3.71. The largest absolute Gasteiger partial charge is 0.492 e. The van der Waals surface area contributed by atoms with Crippen molar-refractivity contribution in [3.05, 3.63) is 72.9 Å². The number of hydrogen-bond donors (Lipinski definition) is 4. The van der Waals surface area contributed by atoms with Crippen molar-refractivity contribution in [3.8, 4) is 11.1 Å². The number of pyridine rings is 1. The molecule has 2 heterocycles. The topological polar surface area (TPSA) is 121 Å². The van der Waals surface area contributed by atoms with Crippen LogP contribution in [0.2, 0.25) is 0 Å². The van der Waals surface area contributed by atoms with Gasteiger partial charge in [0.1, 0.15) is 12.4 Å². The minimum absolute atomic E-state index is 0.334. The second kappa shape index (κ2) is 11.7. The summed E-state index contributed by atoms with van der Waals surface area (Å²) in [6, 6.07) is 7.47. The van der Waals surface area contributed by atoms with Crippen molar-refractivity contribution in [3.63, 3.8) is 0 Å². The minimum atomic E-state index is -0.334. The maximum absolute atomic E-state index is 12.0. The van der Waals surface area contributed by atoms with Gasteiger partial charge in [0, 0.05) is 36.6 Å². The van der Waals surface area contributed by atoms with Crippen molar-refractivity contribution in [1.82, 2.24) is 25.2 Å². The van der Waals surface area contributed by atoms with E-state index < -0.39 is 0 Å². The van der Waals surface area contributed by atoms with E-state index >= 15 is 0 Å². The van der Waals surface area contributed by atoms with Gasteiger partial charge in [-0.15, -0.1) is 0 Å². The number of rotatable bonds is 10. The Morgan fingerprint density at radius 2 is 2.15 bits per heavy atom. The molecular weight excluding hydrogens is 430 g/mol. The third kappa shape index (κ3) is 6.46. The molecule has 3 aromatic rings. The van der Waals surface area contributed by atoms with E-state index in [0.717, 1.165) is 28.8 Å². The van der Waals surface area contributed by atoms with Crippen LogP contribution in [0.4, 0.5) is 10.7 Å². The van der Waals surface area contributed by atoms with Gasteiger partial charge in [-0.1, -0.05) is 12.6 Å². The molecule has 5 N–H and O–H groups in total. The Hall–Kier alpha value is -4.11. The van der Waals surface area contributed by atoms with Crippen LogP contribution in [0.15, 0.2) is 67.3 Å². The molecule has 0 bridgehead atoms. The fourth-order valence-corrected chi connectivity index (χ4v) is 3.27. The molecule has 0 aliphatic carbocycles. The van der Waals surface area contributed by atoms with Crippen LogP contribution in [0, 0.1) is 0 Å². The quantitative estimate of drug-likeness (QED) is 0.270. The Balaban J connectivity index is 2.04. The molecule has 0 saturated heterocycles. The van der Waals surface area contributed by atoms with Gasteiger partial charge in [-0.3, -0.25) is 10.3 Å². The molecule has 2 aromatic heterocycles. The molecule has 0 atom stereocenters. The summed E-state index contributed by atoms with van der Waals surface area (Å²) in [7, 11) is 3.96. The fourth-order valence-electron chi connectivity index (χ4n) is 3.27. The number of H-pyrrole nitrogens is 1. The number of imidazole rings is 1. The summed E-state index contributed by atoms with van der Waals surface area (Å²) in [5.74, 6) is 0.932. The molecule has 34 heavy (non-hydrogen) atoms. The zero-order valence-electron chi connectivity index (χ0n) is 19.8. The number of carbonyl (C=O) groups is 1. The molecule has 2 amide bonds. The molecule has 0 spiro atoms. The molecule has 9 heteroatoms. The number of amides is 2. The first-order valence-corrected chi connectivity index (χ1v) is 11.0. The highest BCUT2D eigenvalue weighted by Gasteiger charge is 2.14. The number of likely N-dealkylation sites (N-methyl/N-ethyl adjacent to an activating group) is 1. The molecule has 1 aromatic carbocycles. The van der Waals surface area contributed by atoms with E-state index in [0.29, 0.717) is 35.9 Å². The van der Waals surface area contributed by atoms with E-state index in [4.69, 9.17) is 10.5 Å². The number of anilines is 1. The summed E-state index contributed by atoms with van der Waals surface area (Å²) < 4.78 is 5.89. The maximum atomic E-state index is 12.0. The lowest BCUT2D eigenvalue weighted by Crippen LogP contribution is -2.28. The average molecular weight is 462 g/mol. The lowest BCUT2D eigenvalue weighted by Gasteiger charge is -2.13. The molecule has 0 unspecified atom stereocenters. The van der Waals surface area contributed by atoms with Crippen molar-refractivity contribution in [2.75, 3.05) is 39.1 Å². The monoisotopic (exact) mass is 461 g/mol. The van der Waals surface area contributed by atoms with Crippen LogP contribution in [-0.2, 0) is 4.74 Å². The third-order valence-corrected chi connectivity index (χ3v) is 4.89. The van der Waals surface area contributed by atoms with Crippen LogP contribution >= 0.6 is 0 Å². The zero-order valence-corrected chi connectivity index (χ0v) is 19.8. The maximum Gasteiger partial charge on any atom is 0.321 e. The Morgan fingerprint density at radius 1 is 1.32 bits per heavy atom. The molecule has 3 rings (SSSR count). The highest BCUT2D eigenvalue weighted by atomic mass is 16.5. The van der Waals surface area contributed by atoms with Gasteiger partial charge in [0.05, 0.1) is 11.0 Å². The van der Waals surface area contributed by atoms with Crippen molar-refractivity contribution >= 4 is 28.6 Å². The highest BCUT2D eigenvalue weighted by molar-refractivity contribution is 5.97. The first-order chi connectivity index (χ1) is 16.4. The summed E-state index contributed by atoms with van der Waals surface area (Å²) in [4.78, 5) is 26.0. The summed E-state index contributed by atoms with van der Waals surface area (Å²) in [5, 5.41) is 5.42. The molecule has 0 aliphatic heterocycles. The Kier molecular flexibility index (Phi) is 8.42. The van der Waals surface area contributed by atoms with Gasteiger partial charge < -0.3 is 25.7 Å². The van der Waals surface area contributed by atoms with Gasteiger partial charge in [0.15, 0.2) is 0 Å². The van der Waals surface area contributed by atoms with Crippen molar-refractivity contribution < 1.29 is 9.53 Å². The molecule has 9 nitrogen and oxygen atoms in total. The van der Waals surface area contributed by atoms with Crippen molar-refractivity contribution in [1.29, 1.82) is 0 Å². The summed E-state index contributed by atoms with van der Waals surface area (Å²) >= 11 is 0. The zero-order chi connectivity index (χ0) is 24.5. The summed E-state index contributed by atoms with van der Waals surface area (Å²) in [6.45, 7) is 7.90. The molecule has 0 radical (unpaired) electrons. The number of carbonyl (C=O) groups excluding carboxylic acids is 1. The van der Waals surface area contributed by atoms with E-state index in [9.17, 15) is 4.79 Å². The fraction of sp³-hybridized carbons (Fsp3) is 0.240. The number of benzene rings is 1. The van der Waals surface area contributed by atoms with Gasteiger partial charge in [-0.2, -0.15) is 0 Å². The van der Waals surface area contributed by atoms with Crippen LogP contribution in [0.3, 0.4) is 0 Å². The van der Waals surface area contributed by atoms with E-state index in [1.165, 1.54) is 6.20 Å². The Morgan fingerprint density at radius 3 is 2.82 bits per heavy atom. The number of hydrogen-bond acceptors (Lipinski definition) is 6. The van der Waals surface area contributed by atoms with Crippen LogP contribution in [0.25, 0.3) is 27.7 Å². The predicted molar refractivity (Wildman–Crippen MR) is 137 cm³/mol. The number of ether oxygens (including phenoxy) is 1. The molecule has 0 fully saturated rings. The molecule has 178 valence electrons. The molecular formula is C25H31N7O2. The van der Waals surface area contributed by atoms with E-state index in [1.807, 2.05) is 56.3 Å². The van der Waals surface area contributed by atoms with E-state index in [2.05, 4.69) is 32.2 Å². The standard InChI is InChI=1S/C25H31N7O2/c1-5-28-25(33)31-24-29-22-15-19(18-7-6-10-27-16-18)14-21(23(22)30-24)17(2)13-20(8-9-26)34-12-11-32(3)4/h6-10,13-16H,2,5,11-12,26H2,1,3-4H3,(H3,28,29,30,31,33)/b9-8-,20-13+. The number of aromatic nitrogens is 3. The third-order valence-electron chi connectivity index (χ3n) is 4.89. The second-order valence-electron chi connectivity index (χ2n) is 7.81. The van der Waals surface area contributed by atoms with Crippen molar-refractivity contribution in [2.24, 2.45) is 5.73 Å². The van der Waals surface area contributed by atoms with Gasteiger partial charge in [0.25, 0.3) is 0 Å². The van der Waals surface area contributed by atoms with E-state index in [1.54, 1.807) is 18.5 Å². The normalized spacial score (nSPS) is 11.8. The van der Waals surface area contributed by atoms with Gasteiger partial charge in [-0.25, -0.2) is 9.78 Å². The van der Waals surface area contributed by atoms with Gasteiger partial charge in [0.2, 0.25) is 5.95 Å². The number of nitrogens with zero attached hydrogens (tertiary/aromatic N) is 3. The Bertz CT molecular complexity index is 1200. The van der Waals surface area contributed by atoms with Crippen LogP contribution in [0.1, 0.15) is 12.5 Å². The molecule has 0 saturated carbocycles. The SMILES string of the molecule is C=C(/C=C(\C=C/N)OCCN(C)C)c1cc(-c2cccnc2)cc2nc(NC(=O)NCC)[nH]c12. The van der Waals surface area contributed by atoms with Crippen LogP contribution in [-0.4, -0.2) is 59.7 Å². The van der Waals surface area contributed by atoms with Crippen LogP contribution < -0.4 is 16.4 Å². The lowest BCUT2D eigenvalue weighted by atomic mass is 9.98. The van der Waals surface area contributed by atoms with Gasteiger partial charge in [-0.05, 0) is 68.7 Å². The van der Waals surface area contributed by atoms with E-state index in [-0.39, 0.29) is 6.03 Å². The average Bonchev–Trinajstić information content (AvgIpc) is 3.21. The Labute approximate surface area is 199 Å². The van der Waals surface area contributed by atoms with Crippen LogP contribution in [0.5, 0.6) is 0 Å². The lowest BCUT2D eigenvalue weighted by molar-refractivity contribution is 0.193. The number of allylic oxidation sites excluding steroid dienone is 3. The number of urea groups is 1. The minimum Gasteiger partial charge on any atom is -0.492 e. The number of nitrogens with one attached hydrogen (secondary N) is 3. The first kappa shape index (κ1) is 24.5. The summed E-state index contributed by atoms with van der Waals surface area (Å²) in [5.41, 5.74) is 10.4. The first-order valence-electron chi connectivity index (χ1n) is 11.0. The molecule has 0 aliphatic rings. The number of aromatic amines is 1. The smallest absolute Gasteiger partial charge is 0.321 e. The van der Waals surface area contributed by atoms with Crippen molar-refractivity contribution in [2.45, 2.75) is 6.92 Å². The number of fused-ring (bicyclic) bond motifs is 1.